The Morgan fingerprint density at radius 1 is 1.28 bits per heavy atom. The molecule has 1 saturated heterocycles. The van der Waals surface area contributed by atoms with Crippen LogP contribution in [0.2, 0.25) is 0 Å². The van der Waals surface area contributed by atoms with Crippen LogP contribution in [0, 0.1) is 0 Å². The van der Waals surface area contributed by atoms with Crippen LogP contribution in [0.3, 0.4) is 0 Å². The van der Waals surface area contributed by atoms with E-state index in [1.165, 1.54) is 11.8 Å². The molecule has 11 heteroatoms. The molecule has 25 heavy (non-hydrogen) atoms. The van der Waals surface area contributed by atoms with Crippen LogP contribution in [0.25, 0.3) is 0 Å². The van der Waals surface area contributed by atoms with Gasteiger partial charge >= 0.3 is 5.97 Å². The topological polar surface area (TPSA) is 182 Å². The number of carbonyl (C=O) groups excluding carboxylic acids is 3. The van der Waals surface area contributed by atoms with E-state index in [4.69, 9.17) is 10.8 Å². The summed E-state index contributed by atoms with van der Waals surface area (Å²) in [5.41, 5.74) is 5.15. The van der Waals surface area contributed by atoms with E-state index < -0.39 is 54.5 Å². The molecule has 11 nitrogen and oxygen atoms in total. The second-order valence-corrected chi connectivity index (χ2v) is 5.76. The molecular weight excluding hydrogens is 336 g/mol. The highest BCUT2D eigenvalue weighted by molar-refractivity contribution is 5.94. The van der Waals surface area contributed by atoms with Gasteiger partial charge in [-0.3, -0.25) is 14.4 Å². The van der Waals surface area contributed by atoms with Crippen LogP contribution in [0.4, 0.5) is 0 Å². The Hall–Kier alpha value is -2.24. The van der Waals surface area contributed by atoms with E-state index in [-0.39, 0.29) is 13.1 Å². The van der Waals surface area contributed by atoms with Gasteiger partial charge in [0.1, 0.15) is 12.1 Å². The number of carbonyl (C=O) groups is 4. The number of aliphatic carboxylic acids is 1. The highest BCUT2D eigenvalue weighted by Gasteiger charge is 2.39. The van der Waals surface area contributed by atoms with E-state index in [1.54, 1.807) is 0 Å². The minimum absolute atomic E-state index is 0.221. The third kappa shape index (κ3) is 5.37. The first-order chi connectivity index (χ1) is 11.7. The van der Waals surface area contributed by atoms with Crippen molar-refractivity contribution in [1.29, 1.82) is 0 Å². The van der Waals surface area contributed by atoms with Crippen molar-refractivity contribution in [3.05, 3.63) is 0 Å². The summed E-state index contributed by atoms with van der Waals surface area (Å²) in [5.74, 6) is -3.41. The Morgan fingerprint density at radius 3 is 2.40 bits per heavy atom. The molecule has 0 aromatic heterocycles. The first-order valence-electron chi connectivity index (χ1n) is 7.84. The molecule has 3 amide bonds. The number of hydrogen-bond donors (Lipinski definition) is 6. The molecule has 0 bridgehead atoms. The van der Waals surface area contributed by atoms with E-state index in [0.717, 1.165) is 0 Å². The van der Waals surface area contributed by atoms with Gasteiger partial charge in [0.2, 0.25) is 17.7 Å². The monoisotopic (exact) mass is 360 g/mol. The summed E-state index contributed by atoms with van der Waals surface area (Å²) in [4.78, 5) is 48.3. The Labute approximate surface area is 144 Å². The largest absolute Gasteiger partial charge is 0.480 e. The Morgan fingerprint density at radius 2 is 1.92 bits per heavy atom. The van der Waals surface area contributed by atoms with Crippen LogP contribution in [-0.4, -0.2) is 87.8 Å². The predicted octanol–water partition coefficient (Wildman–Crippen LogP) is -3.64. The number of amides is 3. The van der Waals surface area contributed by atoms with Crippen molar-refractivity contribution >= 4 is 23.7 Å². The average molecular weight is 360 g/mol. The van der Waals surface area contributed by atoms with Crippen LogP contribution in [0.1, 0.15) is 19.8 Å². The van der Waals surface area contributed by atoms with Crippen LogP contribution in [-0.2, 0) is 19.2 Å². The molecule has 0 aliphatic carbocycles. The first-order valence-corrected chi connectivity index (χ1v) is 7.84. The maximum Gasteiger partial charge on any atom is 0.328 e. The molecule has 0 spiro atoms. The second-order valence-electron chi connectivity index (χ2n) is 5.76. The van der Waals surface area contributed by atoms with E-state index >= 15 is 0 Å². The molecule has 0 saturated carbocycles. The normalized spacial score (nSPS) is 20.5. The fourth-order valence-electron chi connectivity index (χ4n) is 2.58. The van der Waals surface area contributed by atoms with E-state index in [1.807, 2.05) is 0 Å². The lowest BCUT2D eigenvalue weighted by Crippen LogP contribution is -2.57. The molecule has 1 fully saturated rings. The molecule has 1 rings (SSSR count). The number of aliphatic hydroxyl groups is 2. The number of carboxylic acid groups (broad SMARTS) is 1. The molecule has 142 valence electrons. The second kappa shape index (κ2) is 9.30. The van der Waals surface area contributed by atoms with Crippen LogP contribution < -0.4 is 16.4 Å². The number of hydrogen-bond acceptors (Lipinski definition) is 7. The fourth-order valence-corrected chi connectivity index (χ4v) is 2.58. The lowest BCUT2D eigenvalue weighted by atomic mass is 10.1. The van der Waals surface area contributed by atoms with Gasteiger partial charge in [0, 0.05) is 6.54 Å². The first kappa shape index (κ1) is 20.8. The molecule has 4 unspecified atom stereocenters. The number of nitrogens with one attached hydrogen (secondary N) is 2. The zero-order valence-electron chi connectivity index (χ0n) is 13.8. The van der Waals surface area contributed by atoms with Gasteiger partial charge in [-0.1, -0.05) is 0 Å². The number of carboxylic acids is 1. The van der Waals surface area contributed by atoms with Crippen LogP contribution in [0.5, 0.6) is 0 Å². The number of nitrogens with two attached hydrogens (primary N) is 1. The number of nitrogens with zero attached hydrogens (tertiary/aromatic N) is 1. The SMILES string of the molecule is CC(O)C(NC(=O)C1CCCN1C(=O)C(CO)NC(=O)CN)C(=O)O. The maximum absolute atomic E-state index is 12.5. The summed E-state index contributed by atoms with van der Waals surface area (Å²) in [6, 6.07) is -3.69. The fraction of sp³-hybridized carbons (Fsp3) is 0.714. The van der Waals surface area contributed by atoms with Gasteiger partial charge in [-0.05, 0) is 19.8 Å². The van der Waals surface area contributed by atoms with E-state index in [0.29, 0.717) is 12.8 Å². The smallest absolute Gasteiger partial charge is 0.328 e. The summed E-state index contributed by atoms with van der Waals surface area (Å²) in [5, 5.41) is 32.2. The zero-order chi connectivity index (χ0) is 19.1. The summed E-state index contributed by atoms with van der Waals surface area (Å²) in [6.45, 7) is 0.419. The van der Waals surface area contributed by atoms with Crippen molar-refractivity contribution in [2.24, 2.45) is 5.73 Å². The minimum atomic E-state index is -1.50. The van der Waals surface area contributed by atoms with E-state index in [9.17, 15) is 29.4 Å². The Balaban J connectivity index is 2.83. The van der Waals surface area contributed by atoms with Crippen molar-refractivity contribution in [1.82, 2.24) is 15.5 Å². The molecule has 0 aromatic carbocycles. The lowest BCUT2D eigenvalue weighted by Gasteiger charge is -2.29. The predicted molar refractivity (Wildman–Crippen MR) is 84.1 cm³/mol. The van der Waals surface area contributed by atoms with Gasteiger partial charge in [-0.2, -0.15) is 0 Å². The standard InChI is InChI=1S/C14H24N4O7/c1-7(20)11(14(24)25)17-12(22)9-3-2-4-18(9)13(23)8(6-19)16-10(21)5-15/h7-9,11,19-20H,2-6,15H2,1H3,(H,16,21)(H,17,22)(H,24,25). The van der Waals surface area contributed by atoms with Crippen molar-refractivity contribution in [2.45, 2.75) is 44.0 Å². The van der Waals surface area contributed by atoms with Crippen molar-refractivity contribution in [3.8, 4) is 0 Å². The quantitative estimate of drug-likeness (QED) is 0.256. The van der Waals surface area contributed by atoms with Gasteiger partial charge in [-0.25, -0.2) is 4.79 Å². The molecular formula is C14H24N4O7. The maximum atomic E-state index is 12.5. The number of likely N-dealkylation sites (tertiary alicyclic amines) is 1. The Kier molecular flexibility index (Phi) is 7.74. The minimum Gasteiger partial charge on any atom is -0.480 e. The van der Waals surface area contributed by atoms with Gasteiger partial charge in [-0.15, -0.1) is 0 Å². The molecule has 0 radical (unpaired) electrons. The average Bonchev–Trinajstić information content (AvgIpc) is 3.05. The van der Waals surface area contributed by atoms with Gasteiger partial charge in [0.15, 0.2) is 6.04 Å². The van der Waals surface area contributed by atoms with Crippen molar-refractivity contribution in [3.63, 3.8) is 0 Å². The summed E-state index contributed by atoms with van der Waals surface area (Å²) < 4.78 is 0. The summed E-state index contributed by atoms with van der Waals surface area (Å²) in [6.07, 6.45) is -0.521. The third-order valence-electron chi connectivity index (χ3n) is 3.89. The molecule has 1 aliphatic rings. The number of rotatable bonds is 8. The summed E-state index contributed by atoms with van der Waals surface area (Å²) >= 11 is 0. The molecule has 1 aliphatic heterocycles. The van der Waals surface area contributed by atoms with Crippen LogP contribution in [0.15, 0.2) is 0 Å². The van der Waals surface area contributed by atoms with E-state index in [2.05, 4.69) is 10.6 Å². The van der Waals surface area contributed by atoms with Crippen LogP contribution >= 0.6 is 0 Å². The Bertz CT molecular complexity index is 525. The third-order valence-corrected chi connectivity index (χ3v) is 3.89. The zero-order valence-corrected chi connectivity index (χ0v) is 13.8. The molecule has 4 atom stereocenters. The van der Waals surface area contributed by atoms with Gasteiger partial charge < -0.3 is 36.6 Å². The van der Waals surface area contributed by atoms with Crippen molar-refractivity contribution in [2.75, 3.05) is 19.7 Å². The molecule has 1 heterocycles. The van der Waals surface area contributed by atoms with Crippen molar-refractivity contribution < 1.29 is 34.5 Å². The van der Waals surface area contributed by atoms with Gasteiger partial charge in [0.05, 0.1) is 19.3 Å². The highest BCUT2D eigenvalue weighted by Crippen LogP contribution is 2.19. The lowest BCUT2D eigenvalue weighted by molar-refractivity contribution is -0.147. The highest BCUT2D eigenvalue weighted by atomic mass is 16.4. The summed E-state index contributed by atoms with van der Waals surface area (Å²) in [7, 11) is 0. The molecule has 0 aromatic rings. The van der Waals surface area contributed by atoms with Gasteiger partial charge in [0.25, 0.3) is 0 Å². The molecule has 7 N–H and O–H groups in total. The number of aliphatic hydroxyl groups excluding tert-OH is 2.